The van der Waals surface area contributed by atoms with Gasteiger partial charge in [-0.05, 0) is 36.4 Å². The van der Waals surface area contributed by atoms with E-state index in [1.807, 2.05) is 0 Å². The lowest BCUT2D eigenvalue weighted by Gasteiger charge is -2.12. The fourth-order valence-corrected chi connectivity index (χ4v) is 2.37. The molecule has 0 bridgehead atoms. The third-order valence-electron chi connectivity index (χ3n) is 3.75. The first-order valence-electron chi connectivity index (χ1n) is 8.46. The molecule has 0 fully saturated rings. The van der Waals surface area contributed by atoms with E-state index < -0.39 is 11.9 Å². The Balaban J connectivity index is 1.91. The number of nitrogens with zero attached hydrogens (tertiary/aromatic N) is 1. The van der Waals surface area contributed by atoms with E-state index in [0.29, 0.717) is 34.1 Å². The highest BCUT2D eigenvalue weighted by Gasteiger charge is 2.12. The highest BCUT2D eigenvalue weighted by atomic mass is 16.6. The molecule has 0 aliphatic carbocycles. The minimum atomic E-state index is -0.452. The van der Waals surface area contributed by atoms with Gasteiger partial charge in [0.15, 0.2) is 18.1 Å². The molecule has 29 heavy (non-hydrogen) atoms. The second-order valence-corrected chi connectivity index (χ2v) is 5.58. The highest BCUT2D eigenvalue weighted by Crippen LogP contribution is 2.37. The van der Waals surface area contributed by atoms with Gasteiger partial charge in [-0.1, -0.05) is 5.16 Å². The average molecular weight is 402 g/mol. The van der Waals surface area contributed by atoms with Gasteiger partial charge in [-0.2, -0.15) is 0 Å². The van der Waals surface area contributed by atoms with Gasteiger partial charge in [-0.15, -0.1) is 0 Å². The summed E-state index contributed by atoms with van der Waals surface area (Å²) in [7, 11) is 5.83. The van der Waals surface area contributed by atoms with Crippen molar-refractivity contribution < 1.29 is 33.4 Å². The fourth-order valence-electron chi connectivity index (χ4n) is 2.37. The van der Waals surface area contributed by atoms with E-state index in [-0.39, 0.29) is 6.61 Å². The summed E-state index contributed by atoms with van der Waals surface area (Å²) < 4.78 is 20.4. The van der Waals surface area contributed by atoms with Crippen LogP contribution in [0.4, 0.5) is 5.69 Å². The minimum absolute atomic E-state index is 0.292. The topological polar surface area (TPSA) is 105 Å². The van der Waals surface area contributed by atoms with Crippen LogP contribution in [0, 0.1) is 0 Å². The largest absolute Gasteiger partial charge is 0.493 e. The number of hydrogen-bond donors (Lipinski definition) is 1. The molecular weight excluding hydrogens is 380 g/mol. The Hall–Kier alpha value is -3.75. The molecule has 9 heteroatoms. The fraction of sp³-hybridized carbons (Fsp3) is 0.250. The summed E-state index contributed by atoms with van der Waals surface area (Å²) in [5.41, 5.74) is 1.54. The molecule has 0 spiro atoms. The summed E-state index contributed by atoms with van der Waals surface area (Å²) in [4.78, 5) is 28.3. The zero-order valence-electron chi connectivity index (χ0n) is 16.6. The summed E-state index contributed by atoms with van der Waals surface area (Å²) >= 11 is 0. The number of rotatable bonds is 9. The number of carbonyl (C=O) groups excluding carboxylic acids is 2. The summed E-state index contributed by atoms with van der Waals surface area (Å²) in [5, 5.41) is 6.41. The number of nitrogens with one attached hydrogen (secondary N) is 1. The molecule has 1 N–H and O–H groups in total. The molecule has 0 radical (unpaired) electrons. The monoisotopic (exact) mass is 402 g/mol. The SMILES string of the molecule is COC(=O)c1ccc(NC(=O)CO/N=C\c2cc(OC)c(OC)c(OC)c2)cc1. The van der Waals surface area contributed by atoms with Gasteiger partial charge >= 0.3 is 5.97 Å². The maximum absolute atomic E-state index is 11.9. The van der Waals surface area contributed by atoms with Crippen LogP contribution in [0.3, 0.4) is 0 Å². The summed E-state index contributed by atoms with van der Waals surface area (Å²) in [6.45, 7) is -0.292. The molecule has 0 unspecified atom stereocenters. The Morgan fingerprint density at radius 2 is 1.59 bits per heavy atom. The second-order valence-electron chi connectivity index (χ2n) is 5.58. The van der Waals surface area contributed by atoms with E-state index in [9.17, 15) is 9.59 Å². The van der Waals surface area contributed by atoms with Crippen LogP contribution in [0.5, 0.6) is 17.2 Å². The normalized spacial score (nSPS) is 10.3. The molecule has 2 aromatic rings. The van der Waals surface area contributed by atoms with Crippen molar-refractivity contribution in [1.29, 1.82) is 0 Å². The molecule has 9 nitrogen and oxygen atoms in total. The molecule has 0 saturated carbocycles. The molecule has 0 aromatic heterocycles. The first-order valence-corrected chi connectivity index (χ1v) is 8.46. The predicted molar refractivity (Wildman–Crippen MR) is 106 cm³/mol. The van der Waals surface area contributed by atoms with Crippen LogP contribution in [0.15, 0.2) is 41.6 Å². The molecule has 0 aliphatic heterocycles. The molecule has 1 amide bonds. The Morgan fingerprint density at radius 3 is 2.10 bits per heavy atom. The molecule has 154 valence electrons. The van der Waals surface area contributed by atoms with E-state index in [1.165, 1.54) is 34.7 Å². The number of methoxy groups -OCH3 is 4. The molecule has 0 atom stereocenters. The van der Waals surface area contributed by atoms with E-state index in [1.54, 1.807) is 36.4 Å². The average Bonchev–Trinajstić information content (AvgIpc) is 2.75. The van der Waals surface area contributed by atoms with Gasteiger partial charge in [0, 0.05) is 11.3 Å². The first-order chi connectivity index (χ1) is 14.0. The van der Waals surface area contributed by atoms with Crippen molar-refractivity contribution in [3.63, 3.8) is 0 Å². The molecule has 0 heterocycles. The Bertz CT molecular complexity index is 854. The van der Waals surface area contributed by atoms with Crippen molar-refractivity contribution >= 4 is 23.8 Å². The van der Waals surface area contributed by atoms with Crippen molar-refractivity contribution in [3.05, 3.63) is 47.5 Å². The van der Waals surface area contributed by atoms with Crippen LogP contribution in [0.2, 0.25) is 0 Å². The number of benzene rings is 2. The summed E-state index contributed by atoms with van der Waals surface area (Å²) in [6.07, 6.45) is 1.42. The molecule has 0 aliphatic rings. The maximum atomic E-state index is 11.9. The van der Waals surface area contributed by atoms with Crippen LogP contribution in [0.1, 0.15) is 15.9 Å². The number of anilines is 1. The molecule has 2 rings (SSSR count). The standard InChI is InChI=1S/C20H22N2O7/c1-25-16-9-13(10-17(26-2)19(16)27-3)11-21-29-12-18(23)22-15-7-5-14(6-8-15)20(24)28-4/h5-11H,12H2,1-4H3,(H,22,23)/b21-11-. The molecular formula is C20H22N2O7. The molecule has 0 saturated heterocycles. The van der Waals surface area contributed by atoms with Gasteiger partial charge in [0.1, 0.15) is 0 Å². The van der Waals surface area contributed by atoms with Gasteiger partial charge in [-0.3, -0.25) is 4.79 Å². The Labute approximate surface area is 168 Å². The maximum Gasteiger partial charge on any atom is 0.337 e. The van der Waals surface area contributed by atoms with Gasteiger partial charge < -0.3 is 29.1 Å². The van der Waals surface area contributed by atoms with Crippen molar-refractivity contribution in [3.8, 4) is 17.2 Å². The number of ether oxygens (including phenoxy) is 4. The lowest BCUT2D eigenvalue weighted by Crippen LogP contribution is -2.17. The quantitative estimate of drug-likeness (QED) is 0.390. The van der Waals surface area contributed by atoms with E-state index in [4.69, 9.17) is 19.0 Å². The third-order valence-corrected chi connectivity index (χ3v) is 3.75. The minimum Gasteiger partial charge on any atom is -0.493 e. The van der Waals surface area contributed by atoms with E-state index in [0.717, 1.165) is 0 Å². The lowest BCUT2D eigenvalue weighted by molar-refractivity contribution is -0.120. The zero-order chi connectivity index (χ0) is 21.2. The van der Waals surface area contributed by atoms with Crippen molar-refractivity contribution in [2.45, 2.75) is 0 Å². The van der Waals surface area contributed by atoms with Crippen LogP contribution >= 0.6 is 0 Å². The Morgan fingerprint density at radius 1 is 0.966 bits per heavy atom. The van der Waals surface area contributed by atoms with Crippen molar-refractivity contribution in [2.24, 2.45) is 5.16 Å². The van der Waals surface area contributed by atoms with E-state index in [2.05, 4.69) is 15.2 Å². The summed E-state index contributed by atoms with van der Waals surface area (Å²) in [6, 6.07) is 9.65. The number of oxime groups is 1. The van der Waals surface area contributed by atoms with Crippen molar-refractivity contribution in [1.82, 2.24) is 0 Å². The third kappa shape index (κ3) is 5.86. The lowest BCUT2D eigenvalue weighted by atomic mass is 10.2. The van der Waals surface area contributed by atoms with Crippen LogP contribution in [-0.2, 0) is 14.4 Å². The first kappa shape index (κ1) is 21.5. The van der Waals surface area contributed by atoms with Gasteiger partial charge in [0.05, 0.1) is 40.2 Å². The Kier molecular flexibility index (Phi) is 7.84. The van der Waals surface area contributed by atoms with Crippen LogP contribution < -0.4 is 19.5 Å². The number of amides is 1. The zero-order valence-corrected chi connectivity index (χ0v) is 16.6. The highest BCUT2D eigenvalue weighted by molar-refractivity contribution is 5.93. The summed E-state index contributed by atoms with van der Waals surface area (Å²) in [5.74, 6) is 0.554. The number of carbonyl (C=O) groups is 2. The number of hydrogen-bond acceptors (Lipinski definition) is 8. The van der Waals surface area contributed by atoms with Gasteiger partial charge in [-0.25, -0.2) is 4.79 Å². The van der Waals surface area contributed by atoms with Gasteiger partial charge in [0.25, 0.3) is 5.91 Å². The van der Waals surface area contributed by atoms with Crippen molar-refractivity contribution in [2.75, 3.05) is 40.4 Å². The van der Waals surface area contributed by atoms with Crippen LogP contribution in [-0.4, -0.2) is 53.1 Å². The smallest absolute Gasteiger partial charge is 0.337 e. The van der Waals surface area contributed by atoms with Crippen LogP contribution in [0.25, 0.3) is 0 Å². The number of esters is 1. The van der Waals surface area contributed by atoms with E-state index >= 15 is 0 Å². The predicted octanol–water partition coefficient (Wildman–Crippen LogP) is 2.49. The van der Waals surface area contributed by atoms with Gasteiger partial charge in [0.2, 0.25) is 5.75 Å². The molecule has 2 aromatic carbocycles. The second kappa shape index (κ2) is 10.5.